The Morgan fingerprint density at radius 3 is 2.48 bits per heavy atom. The standard InChI is InChI=1S/C17H12F2N2O2/c1-10-2-4-11(5-3-10)17(22)20-16-9-15(21-23-16)12-6-7-13(18)14(19)8-12/h2-9H,1H3,(H,20,22). The number of nitrogens with zero attached hydrogens (tertiary/aromatic N) is 1. The molecule has 3 rings (SSSR count). The highest BCUT2D eigenvalue weighted by Crippen LogP contribution is 2.23. The number of amides is 1. The molecule has 6 heteroatoms. The third-order valence-electron chi connectivity index (χ3n) is 3.28. The molecule has 0 bridgehead atoms. The molecule has 0 aliphatic heterocycles. The number of anilines is 1. The van der Waals surface area contributed by atoms with Crippen LogP contribution in [0.25, 0.3) is 11.3 Å². The third-order valence-corrected chi connectivity index (χ3v) is 3.28. The molecule has 23 heavy (non-hydrogen) atoms. The average Bonchev–Trinajstić information content (AvgIpc) is 2.99. The molecule has 2 aromatic carbocycles. The zero-order chi connectivity index (χ0) is 16.4. The maximum atomic E-state index is 13.2. The molecule has 1 aromatic heterocycles. The van der Waals surface area contributed by atoms with Gasteiger partial charge in [0.15, 0.2) is 11.6 Å². The second-order valence-electron chi connectivity index (χ2n) is 5.03. The molecule has 4 nitrogen and oxygen atoms in total. The lowest BCUT2D eigenvalue weighted by atomic mass is 10.1. The summed E-state index contributed by atoms with van der Waals surface area (Å²) in [4.78, 5) is 12.1. The number of carbonyl (C=O) groups is 1. The van der Waals surface area contributed by atoms with Crippen molar-refractivity contribution in [3.8, 4) is 11.3 Å². The lowest BCUT2D eigenvalue weighted by Gasteiger charge is -2.01. The molecule has 1 N–H and O–H groups in total. The number of nitrogens with one attached hydrogen (secondary N) is 1. The molecule has 0 aliphatic rings. The van der Waals surface area contributed by atoms with Gasteiger partial charge in [-0.1, -0.05) is 22.9 Å². The highest BCUT2D eigenvalue weighted by molar-refractivity contribution is 6.03. The summed E-state index contributed by atoms with van der Waals surface area (Å²) >= 11 is 0. The van der Waals surface area contributed by atoms with Crippen molar-refractivity contribution in [3.05, 3.63) is 71.3 Å². The number of rotatable bonds is 3. The first-order valence-corrected chi connectivity index (χ1v) is 6.83. The summed E-state index contributed by atoms with van der Waals surface area (Å²) in [7, 11) is 0. The van der Waals surface area contributed by atoms with E-state index in [1.54, 1.807) is 12.1 Å². The Morgan fingerprint density at radius 2 is 1.78 bits per heavy atom. The lowest BCUT2D eigenvalue weighted by molar-refractivity contribution is 0.102. The fraction of sp³-hybridized carbons (Fsp3) is 0.0588. The predicted octanol–water partition coefficient (Wildman–Crippen LogP) is 4.18. The monoisotopic (exact) mass is 314 g/mol. The van der Waals surface area contributed by atoms with Crippen LogP contribution in [0, 0.1) is 18.6 Å². The van der Waals surface area contributed by atoms with Crippen LogP contribution >= 0.6 is 0 Å². The smallest absolute Gasteiger partial charge is 0.258 e. The first kappa shape index (κ1) is 14.9. The van der Waals surface area contributed by atoms with Crippen LogP contribution in [0.2, 0.25) is 0 Å². The number of aromatic nitrogens is 1. The van der Waals surface area contributed by atoms with Crippen LogP contribution in [0.4, 0.5) is 14.7 Å². The minimum Gasteiger partial charge on any atom is -0.338 e. The SMILES string of the molecule is Cc1ccc(C(=O)Nc2cc(-c3ccc(F)c(F)c3)no2)cc1. The summed E-state index contributed by atoms with van der Waals surface area (Å²) < 4.78 is 31.2. The lowest BCUT2D eigenvalue weighted by Crippen LogP contribution is -2.11. The largest absolute Gasteiger partial charge is 0.338 e. The molecule has 0 unspecified atom stereocenters. The molecule has 1 heterocycles. The van der Waals surface area contributed by atoms with Crippen LogP contribution in [0.1, 0.15) is 15.9 Å². The van der Waals surface area contributed by atoms with Gasteiger partial charge in [-0.05, 0) is 37.3 Å². The maximum absolute atomic E-state index is 13.2. The minimum absolute atomic E-state index is 0.121. The Morgan fingerprint density at radius 1 is 1.04 bits per heavy atom. The van der Waals surface area contributed by atoms with Gasteiger partial charge >= 0.3 is 0 Å². The molecule has 0 saturated heterocycles. The Hall–Kier alpha value is -3.02. The molecule has 0 spiro atoms. The molecule has 0 fully saturated rings. The Labute approximate surface area is 130 Å². The van der Waals surface area contributed by atoms with Gasteiger partial charge in [0.05, 0.1) is 0 Å². The van der Waals surface area contributed by atoms with Crippen LogP contribution in [0.15, 0.2) is 53.1 Å². The van der Waals surface area contributed by atoms with E-state index in [0.29, 0.717) is 16.8 Å². The van der Waals surface area contributed by atoms with Gasteiger partial charge in [-0.2, -0.15) is 0 Å². The van der Waals surface area contributed by atoms with Gasteiger partial charge in [0.1, 0.15) is 5.69 Å². The van der Waals surface area contributed by atoms with E-state index in [1.165, 1.54) is 12.1 Å². The Balaban J connectivity index is 1.77. The highest BCUT2D eigenvalue weighted by Gasteiger charge is 2.12. The Bertz CT molecular complexity index is 857. The van der Waals surface area contributed by atoms with Crippen molar-refractivity contribution < 1.29 is 18.1 Å². The molecule has 0 atom stereocenters. The van der Waals surface area contributed by atoms with Gasteiger partial charge in [0.2, 0.25) is 5.88 Å². The highest BCUT2D eigenvalue weighted by atomic mass is 19.2. The van der Waals surface area contributed by atoms with Crippen LogP contribution in [0.5, 0.6) is 0 Å². The van der Waals surface area contributed by atoms with Gasteiger partial charge < -0.3 is 4.52 Å². The van der Waals surface area contributed by atoms with E-state index in [1.807, 2.05) is 19.1 Å². The van der Waals surface area contributed by atoms with Crippen molar-refractivity contribution in [2.45, 2.75) is 6.92 Å². The molecule has 116 valence electrons. The maximum Gasteiger partial charge on any atom is 0.258 e. The minimum atomic E-state index is -0.976. The molecule has 1 amide bonds. The van der Waals surface area contributed by atoms with E-state index in [9.17, 15) is 13.6 Å². The van der Waals surface area contributed by atoms with Gasteiger partial charge in [0.25, 0.3) is 5.91 Å². The summed E-state index contributed by atoms with van der Waals surface area (Å²) in [5.74, 6) is -2.14. The zero-order valence-corrected chi connectivity index (χ0v) is 12.1. The first-order valence-electron chi connectivity index (χ1n) is 6.83. The number of halogens is 2. The summed E-state index contributed by atoms with van der Waals surface area (Å²) in [5.41, 5.74) is 2.16. The molecular formula is C17H12F2N2O2. The number of hydrogen-bond donors (Lipinski definition) is 1. The number of carbonyl (C=O) groups excluding carboxylic acids is 1. The quantitative estimate of drug-likeness (QED) is 0.789. The number of aryl methyl sites for hydroxylation is 1. The normalized spacial score (nSPS) is 10.6. The van der Waals surface area contributed by atoms with Crippen LogP contribution in [-0.2, 0) is 0 Å². The number of benzene rings is 2. The Kier molecular flexibility index (Phi) is 3.89. The van der Waals surface area contributed by atoms with Crippen molar-refractivity contribution >= 4 is 11.8 Å². The topological polar surface area (TPSA) is 55.1 Å². The van der Waals surface area contributed by atoms with Gasteiger partial charge in [-0.25, -0.2) is 8.78 Å². The van der Waals surface area contributed by atoms with Crippen molar-refractivity contribution in [2.24, 2.45) is 0 Å². The average molecular weight is 314 g/mol. The van der Waals surface area contributed by atoms with E-state index in [4.69, 9.17) is 4.52 Å². The van der Waals surface area contributed by atoms with Crippen molar-refractivity contribution in [1.82, 2.24) is 5.16 Å². The van der Waals surface area contributed by atoms with E-state index >= 15 is 0 Å². The van der Waals surface area contributed by atoms with Crippen molar-refractivity contribution in [3.63, 3.8) is 0 Å². The van der Waals surface area contributed by atoms with Gasteiger partial charge in [0, 0.05) is 17.2 Å². The van der Waals surface area contributed by atoms with Crippen molar-refractivity contribution in [2.75, 3.05) is 5.32 Å². The fourth-order valence-electron chi connectivity index (χ4n) is 2.01. The summed E-state index contributed by atoms with van der Waals surface area (Å²) in [6.45, 7) is 1.92. The first-order chi connectivity index (χ1) is 11.0. The van der Waals surface area contributed by atoms with E-state index in [-0.39, 0.29) is 11.8 Å². The van der Waals surface area contributed by atoms with Gasteiger partial charge in [-0.3, -0.25) is 10.1 Å². The van der Waals surface area contributed by atoms with E-state index in [2.05, 4.69) is 10.5 Å². The van der Waals surface area contributed by atoms with Crippen molar-refractivity contribution in [1.29, 1.82) is 0 Å². The molecule has 0 aliphatic carbocycles. The van der Waals surface area contributed by atoms with Crippen LogP contribution in [0.3, 0.4) is 0 Å². The van der Waals surface area contributed by atoms with E-state index < -0.39 is 11.6 Å². The fourth-order valence-corrected chi connectivity index (χ4v) is 2.01. The third kappa shape index (κ3) is 3.26. The van der Waals surface area contributed by atoms with Gasteiger partial charge in [-0.15, -0.1) is 0 Å². The molecular weight excluding hydrogens is 302 g/mol. The van der Waals surface area contributed by atoms with Crippen LogP contribution in [-0.4, -0.2) is 11.1 Å². The second kappa shape index (κ2) is 6.00. The summed E-state index contributed by atoms with van der Waals surface area (Å²) in [6.07, 6.45) is 0. The zero-order valence-electron chi connectivity index (χ0n) is 12.1. The predicted molar refractivity (Wildman–Crippen MR) is 81.0 cm³/mol. The summed E-state index contributed by atoms with van der Waals surface area (Å²) in [6, 6.07) is 11.9. The van der Waals surface area contributed by atoms with Crippen LogP contribution < -0.4 is 5.32 Å². The van der Waals surface area contributed by atoms with E-state index in [0.717, 1.165) is 17.7 Å². The molecule has 0 radical (unpaired) electrons. The molecule has 0 saturated carbocycles. The molecule has 3 aromatic rings. The number of hydrogen-bond acceptors (Lipinski definition) is 3. The second-order valence-corrected chi connectivity index (χ2v) is 5.03. The summed E-state index contributed by atoms with van der Waals surface area (Å²) in [5, 5.41) is 6.30.